The van der Waals surface area contributed by atoms with Crippen LogP contribution in [0.5, 0.6) is 0 Å². The summed E-state index contributed by atoms with van der Waals surface area (Å²) in [5, 5.41) is 4.70. The van der Waals surface area contributed by atoms with Crippen LogP contribution >= 0.6 is 11.6 Å². The van der Waals surface area contributed by atoms with E-state index in [9.17, 15) is 0 Å². The van der Waals surface area contributed by atoms with Crippen molar-refractivity contribution in [1.82, 2.24) is 0 Å². The van der Waals surface area contributed by atoms with E-state index in [1.807, 2.05) is 39.0 Å². The van der Waals surface area contributed by atoms with Crippen LogP contribution in [0.1, 0.15) is 25.0 Å². The molecule has 2 nitrogen and oxygen atoms in total. The predicted molar refractivity (Wildman–Crippen MR) is 60.0 cm³/mol. The highest BCUT2D eigenvalue weighted by Gasteiger charge is 2.01. The third-order valence-electron chi connectivity index (χ3n) is 1.92. The van der Waals surface area contributed by atoms with E-state index in [0.717, 1.165) is 21.9 Å². The predicted octanol–water partition coefficient (Wildman–Crippen LogP) is 3.41. The van der Waals surface area contributed by atoms with Crippen LogP contribution in [0.15, 0.2) is 23.4 Å². The lowest BCUT2D eigenvalue weighted by Gasteiger charge is -2.03. The van der Waals surface area contributed by atoms with E-state index in [2.05, 4.69) is 5.16 Å². The SMILES string of the molecule is CCO/N=C(\C)c1ccc(C)c(Cl)c1. The number of hydrogen-bond acceptors (Lipinski definition) is 2. The van der Waals surface area contributed by atoms with Gasteiger partial charge in [0.1, 0.15) is 6.61 Å². The molecule has 76 valence electrons. The second-order valence-electron chi connectivity index (χ2n) is 3.06. The van der Waals surface area contributed by atoms with Crippen molar-refractivity contribution in [3.8, 4) is 0 Å². The van der Waals surface area contributed by atoms with Crippen molar-refractivity contribution in [3.05, 3.63) is 34.3 Å². The number of rotatable bonds is 3. The molecule has 0 aliphatic rings. The standard InChI is InChI=1S/C11H14ClNO/c1-4-14-13-9(3)10-6-5-8(2)11(12)7-10/h5-7H,4H2,1-3H3/b13-9+. The normalized spacial score (nSPS) is 11.6. The molecule has 0 spiro atoms. The quantitative estimate of drug-likeness (QED) is 0.555. The van der Waals surface area contributed by atoms with Crippen LogP contribution in [0.3, 0.4) is 0 Å². The monoisotopic (exact) mass is 211 g/mol. The lowest BCUT2D eigenvalue weighted by Crippen LogP contribution is -1.96. The van der Waals surface area contributed by atoms with Gasteiger partial charge < -0.3 is 4.84 Å². The molecule has 0 saturated heterocycles. The van der Waals surface area contributed by atoms with Gasteiger partial charge in [0.25, 0.3) is 0 Å². The first-order chi connectivity index (χ1) is 6.65. The number of nitrogens with zero attached hydrogens (tertiary/aromatic N) is 1. The fraction of sp³-hybridized carbons (Fsp3) is 0.364. The molecule has 0 aliphatic heterocycles. The third kappa shape index (κ3) is 2.74. The van der Waals surface area contributed by atoms with Crippen LogP contribution in [0.25, 0.3) is 0 Å². The highest BCUT2D eigenvalue weighted by Crippen LogP contribution is 2.17. The Kier molecular flexibility index (Phi) is 3.96. The van der Waals surface area contributed by atoms with E-state index in [-0.39, 0.29) is 0 Å². The molecule has 0 saturated carbocycles. The summed E-state index contributed by atoms with van der Waals surface area (Å²) in [6.45, 7) is 6.35. The molecule has 0 atom stereocenters. The molecule has 0 radical (unpaired) electrons. The van der Waals surface area contributed by atoms with Gasteiger partial charge in [-0.1, -0.05) is 28.9 Å². The average molecular weight is 212 g/mol. The number of halogens is 1. The maximum Gasteiger partial charge on any atom is 0.114 e. The number of aryl methyl sites for hydroxylation is 1. The first-order valence-corrected chi connectivity index (χ1v) is 4.96. The molecule has 0 unspecified atom stereocenters. The summed E-state index contributed by atoms with van der Waals surface area (Å²) in [6.07, 6.45) is 0. The van der Waals surface area contributed by atoms with Crippen molar-refractivity contribution >= 4 is 17.3 Å². The molecule has 0 N–H and O–H groups in total. The fourth-order valence-corrected chi connectivity index (χ4v) is 1.21. The molecule has 0 fully saturated rings. The van der Waals surface area contributed by atoms with E-state index in [1.165, 1.54) is 0 Å². The van der Waals surface area contributed by atoms with Crippen LogP contribution in [-0.2, 0) is 4.84 Å². The first kappa shape index (κ1) is 11.1. The van der Waals surface area contributed by atoms with Crippen molar-refractivity contribution in [3.63, 3.8) is 0 Å². The lowest BCUT2D eigenvalue weighted by molar-refractivity contribution is 0.159. The first-order valence-electron chi connectivity index (χ1n) is 4.58. The minimum absolute atomic E-state index is 0.580. The molecule has 1 aromatic rings. The summed E-state index contributed by atoms with van der Waals surface area (Å²) in [4.78, 5) is 4.96. The topological polar surface area (TPSA) is 21.6 Å². The van der Waals surface area contributed by atoms with Gasteiger partial charge in [0.2, 0.25) is 0 Å². The number of oxime groups is 1. The van der Waals surface area contributed by atoms with Crippen molar-refractivity contribution in [2.75, 3.05) is 6.61 Å². The van der Waals surface area contributed by atoms with Gasteiger partial charge in [0, 0.05) is 10.6 Å². The summed E-state index contributed by atoms with van der Waals surface area (Å²) in [5.74, 6) is 0. The minimum Gasteiger partial charge on any atom is -0.396 e. The minimum atomic E-state index is 0.580. The van der Waals surface area contributed by atoms with E-state index >= 15 is 0 Å². The van der Waals surface area contributed by atoms with Crippen molar-refractivity contribution in [2.24, 2.45) is 5.16 Å². The third-order valence-corrected chi connectivity index (χ3v) is 2.33. The summed E-state index contributed by atoms with van der Waals surface area (Å²) < 4.78 is 0. The highest BCUT2D eigenvalue weighted by atomic mass is 35.5. The van der Waals surface area contributed by atoms with Gasteiger partial charge in [0.15, 0.2) is 0 Å². The van der Waals surface area contributed by atoms with Crippen LogP contribution in [0.2, 0.25) is 5.02 Å². The molecule has 3 heteroatoms. The molecule has 0 aromatic heterocycles. The zero-order valence-corrected chi connectivity index (χ0v) is 9.43. The summed E-state index contributed by atoms with van der Waals surface area (Å²) in [7, 11) is 0. The molecule has 1 rings (SSSR count). The Morgan fingerprint density at radius 2 is 2.21 bits per heavy atom. The van der Waals surface area contributed by atoms with Crippen molar-refractivity contribution in [2.45, 2.75) is 20.8 Å². The van der Waals surface area contributed by atoms with Gasteiger partial charge in [-0.25, -0.2) is 0 Å². The second-order valence-corrected chi connectivity index (χ2v) is 3.47. The van der Waals surface area contributed by atoms with Gasteiger partial charge in [-0.15, -0.1) is 0 Å². The summed E-state index contributed by atoms with van der Waals surface area (Å²) in [6, 6.07) is 5.86. The Morgan fingerprint density at radius 1 is 1.50 bits per heavy atom. The Morgan fingerprint density at radius 3 is 2.79 bits per heavy atom. The molecular weight excluding hydrogens is 198 g/mol. The van der Waals surface area contributed by atoms with E-state index in [4.69, 9.17) is 16.4 Å². The highest BCUT2D eigenvalue weighted by molar-refractivity contribution is 6.31. The molecule has 0 bridgehead atoms. The van der Waals surface area contributed by atoms with Gasteiger partial charge in [0.05, 0.1) is 5.71 Å². The Labute approximate surface area is 89.5 Å². The largest absolute Gasteiger partial charge is 0.396 e. The van der Waals surface area contributed by atoms with E-state index < -0.39 is 0 Å². The zero-order chi connectivity index (χ0) is 10.6. The maximum atomic E-state index is 6.00. The van der Waals surface area contributed by atoms with Gasteiger partial charge in [-0.3, -0.25) is 0 Å². The van der Waals surface area contributed by atoms with Gasteiger partial charge >= 0.3 is 0 Å². The molecule has 0 amide bonds. The Hall–Kier alpha value is -1.02. The van der Waals surface area contributed by atoms with E-state index in [1.54, 1.807) is 0 Å². The fourth-order valence-electron chi connectivity index (χ4n) is 1.03. The zero-order valence-electron chi connectivity index (χ0n) is 8.67. The molecule has 14 heavy (non-hydrogen) atoms. The van der Waals surface area contributed by atoms with Crippen LogP contribution < -0.4 is 0 Å². The van der Waals surface area contributed by atoms with Gasteiger partial charge in [-0.2, -0.15) is 0 Å². The molecule has 0 heterocycles. The summed E-state index contributed by atoms with van der Waals surface area (Å²) in [5.41, 5.74) is 2.91. The van der Waals surface area contributed by atoms with Crippen molar-refractivity contribution in [1.29, 1.82) is 0 Å². The van der Waals surface area contributed by atoms with Crippen molar-refractivity contribution < 1.29 is 4.84 Å². The number of benzene rings is 1. The van der Waals surface area contributed by atoms with E-state index in [0.29, 0.717) is 6.61 Å². The molecular formula is C11H14ClNO. The van der Waals surface area contributed by atoms with Crippen LogP contribution in [0, 0.1) is 6.92 Å². The smallest absolute Gasteiger partial charge is 0.114 e. The molecule has 0 aliphatic carbocycles. The Bertz CT molecular complexity index is 347. The van der Waals surface area contributed by atoms with Crippen LogP contribution in [0.4, 0.5) is 0 Å². The number of hydrogen-bond donors (Lipinski definition) is 0. The van der Waals surface area contributed by atoms with Crippen LogP contribution in [-0.4, -0.2) is 12.3 Å². The lowest BCUT2D eigenvalue weighted by atomic mass is 10.1. The summed E-state index contributed by atoms with van der Waals surface area (Å²) >= 11 is 6.00. The average Bonchev–Trinajstić information content (AvgIpc) is 2.18. The second kappa shape index (κ2) is 5.01. The maximum absolute atomic E-state index is 6.00. The Balaban J connectivity index is 2.91. The molecule has 1 aromatic carbocycles. The van der Waals surface area contributed by atoms with Gasteiger partial charge in [-0.05, 0) is 32.4 Å².